The van der Waals surface area contributed by atoms with E-state index in [1.54, 1.807) is 24.3 Å². The van der Waals surface area contributed by atoms with Gasteiger partial charge in [-0.05, 0) is 42.3 Å². The lowest BCUT2D eigenvalue weighted by molar-refractivity contribution is 0.619. The fourth-order valence-electron chi connectivity index (χ4n) is 1.91. The molecular weight excluding hydrogens is 312 g/mol. The van der Waals surface area contributed by atoms with Gasteiger partial charge in [0.25, 0.3) is 0 Å². The van der Waals surface area contributed by atoms with Crippen LogP contribution in [0.25, 0.3) is 0 Å². The van der Waals surface area contributed by atoms with Crippen molar-refractivity contribution < 1.29 is 8.78 Å². The van der Waals surface area contributed by atoms with Crippen molar-refractivity contribution in [3.8, 4) is 0 Å². The van der Waals surface area contributed by atoms with Crippen LogP contribution in [0, 0.1) is 11.6 Å². The van der Waals surface area contributed by atoms with Crippen molar-refractivity contribution in [3.05, 3.63) is 64.1 Å². The summed E-state index contributed by atoms with van der Waals surface area (Å²) in [5.41, 5.74) is 1.37. The van der Waals surface area contributed by atoms with Gasteiger partial charge in [0, 0.05) is 4.47 Å². The minimum Gasteiger partial charge on any atom is -0.376 e. The molecule has 2 aromatic rings. The molecule has 4 heteroatoms. The van der Waals surface area contributed by atoms with Crippen molar-refractivity contribution in [1.82, 2.24) is 0 Å². The van der Waals surface area contributed by atoms with Crippen LogP contribution >= 0.6 is 15.9 Å². The molecule has 1 atom stereocenters. The van der Waals surface area contributed by atoms with Crippen LogP contribution in [0.4, 0.5) is 14.5 Å². The lowest BCUT2D eigenvalue weighted by Gasteiger charge is -2.19. The maximum atomic E-state index is 13.7. The van der Waals surface area contributed by atoms with Crippen LogP contribution in [0.1, 0.15) is 24.9 Å². The van der Waals surface area contributed by atoms with Crippen molar-refractivity contribution in [3.63, 3.8) is 0 Å². The molecule has 0 saturated carbocycles. The SMILES string of the molecule is CCC(Nc1cc(Br)ccc1F)c1ccc(F)cc1. The molecule has 1 nitrogen and oxygen atoms in total. The average Bonchev–Trinajstić information content (AvgIpc) is 2.41. The standard InChI is InChI=1S/C15H14BrF2N/c1-2-14(10-3-6-12(17)7-4-10)19-15-9-11(16)5-8-13(15)18/h3-9,14,19H,2H2,1H3. The number of anilines is 1. The van der Waals surface area contributed by atoms with Gasteiger partial charge in [0.1, 0.15) is 11.6 Å². The first-order chi connectivity index (χ1) is 9.10. The van der Waals surface area contributed by atoms with Crippen LogP contribution < -0.4 is 5.32 Å². The molecular formula is C15H14BrF2N. The summed E-state index contributed by atoms with van der Waals surface area (Å²) in [4.78, 5) is 0. The zero-order valence-electron chi connectivity index (χ0n) is 10.5. The van der Waals surface area contributed by atoms with E-state index in [9.17, 15) is 8.78 Å². The number of halogens is 3. The molecule has 0 aromatic heterocycles. The van der Waals surface area contributed by atoms with Crippen LogP contribution in [0.5, 0.6) is 0 Å². The largest absolute Gasteiger partial charge is 0.376 e. The van der Waals surface area contributed by atoms with Gasteiger partial charge in [0.15, 0.2) is 0 Å². The molecule has 0 fully saturated rings. The molecule has 1 N–H and O–H groups in total. The van der Waals surface area contributed by atoms with Gasteiger partial charge in [-0.1, -0.05) is 35.0 Å². The van der Waals surface area contributed by atoms with Gasteiger partial charge in [-0.15, -0.1) is 0 Å². The highest BCUT2D eigenvalue weighted by atomic mass is 79.9. The van der Waals surface area contributed by atoms with Crippen LogP contribution in [-0.2, 0) is 0 Å². The van der Waals surface area contributed by atoms with Gasteiger partial charge in [-0.3, -0.25) is 0 Å². The maximum Gasteiger partial charge on any atom is 0.146 e. The second-order valence-corrected chi connectivity index (χ2v) is 5.20. The molecule has 100 valence electrons. The van der Waals surface area contributed by atoms with E-state index >= 15 is 0 Å². The summed E-state index contributed by atoms with van der Waals surface area (Å²) in [5, 5.41) is 3.15. The fraction of sp³-hybridized carbons (Fsp3) is 0.200. The lowest BCUT2D eigenvalue weighted by Crippen LogP contribution is -2.10. The Labute approximate surface area is 119 Å². The summed E-state index contributed by atoms with van der Waals surface area (Å²) in [7, 11) is 0. The molecule has 2 rings (SSSR count). The molecule has 0 aliphatic heterocycles. The summed E-state index contributed by atoms with van der Waals surface area (Å²) in [6.45, 7) is 2.00. The quantitative estimate of drug-likeness (QED) is 0.805. The first kappa shape index (κ1) is 14.0. The molecule has 0 aliphatic carbocycles. The van der Waals surface area contributed by atoms with Gasteiger partial charge in [0.05, 0.1) is 11.7 Å². The van der Waals surface area contributed by atoms with Crippen LogP contribution in [0.3, 0.4) is 0 Å². The average molecular weight is 326 g/mol. The molecule has 19 heavy (non-hydrogen) atoms. The summed E-state index contributed by atoms with van der Waals surface area (Å²) in [5.74, 6) is -0.573. The second-order valence-electron chi connectivity index (χ2n) is 4.28. The Hall–Kier alpha value is -1.42. The Morgan fingerprint density at radius 3 is 2.42 bits per heavy atom. The van der Waals surface area contributed by atoms with Gasteiger partial charge in [0.2, 0.25) is 0 Å². The molecule has 0 spiro atoms. The third kappa shape index (κ3) is 3.53. The minimum absolute atomic E-state index is 0.0515. The highest BCUT2D eigenvalue weighted by Crippen LogP contribution is 2.26. The Morgan fingerprint density at radius 2 is 1.79 bits per heavy atom. The summed E-state index contributed by atoms with van der Waals surface area (Å²) in [6, 6.07) is 11.0. The Morgan fingerprint density at radius 1 is 1.11 bits per heavy atom. The third-order valence-corrected chi connectivity index (χ3v) is 3.43. The molecule has 0 heterocycles. The molecule has 0 radical (unpaired) electrons. The van der Waals surface area contributed by atoms with Crippen molar-refractivity contribution in [1.29, 1.82) is 0 Å². The molecule has 2 aromatic carbocycles. The summed E-state index contributed by atoms with van der Waals surface area (Å²) in [6.07, 6.45) is 0.775. The maximum absolute atomic E-state index is 13.7. The van der Waals surface area contributed by atoms with E-state index in [2.05, 4.69) is 21.2 Å². The molecule has 0 bridgehead atoms. The van der Waals surface area contributed by atoms with Crippen molar-refractivity contribution in [2.45, 2.75) is 19.4 Å². The van der Waals surface area contributed by atoms with E-state index in [0.717, 1.165) is 16.5 Å². The summed E-state index contributed by atoms with van der Waals surface area (Å²) < 4.78 is 27.4. The highest BCUT2D eigenvalue weighted by Gasteiger charge is 2.12. The first-order valence-electron chi connectivity index (χ1n) is 6.07. The van der Waals surface area contributed by atoms with Crippen molar-refractivity contribution in [2.75, 3.05) is 5.32 Å². The molecule has 0 amide bonds. The first-order valence-corrected chi connectivity index (χ1v) is 6.86. The van der Waals surface area contributed by atoms with Crippen molar-refractivity contribution >= 4 is 21.6 Å². The van der Waals surface area contributed by atoms with Crippen LogP contribution in [-0.4, -0.2) is 0 Å². The third-order valence-electron chi connectivity index (χ3n) is 2.94. The smallest absolute Gasteiger partial charge is 0.146 e. The van der Waals surface area contributed by atoms with E-state index in [4.69, 9.17) is 0 Å². The predicted octanol–water partition coefficient (Wildman–Crippen LogP) is 5.29. The van der Waals surface area contributed by atoms with Gasteiger partial charge < -0.3 is 5.32 Å². The van der Waals surface area contributed by atoms with Crippen LogP contribution in [0.2, 0.25) is 0 Å². The molecule has 1 unspecified atom stereocenters. The lowest BCUT2D eigenvalue weighted by atomic mass is 10.0. The number of nitrogens with one attached hydrogen (secondary N) is 1. The van der Waals surface area contributed by atoms with E-state index < -0.39 is 0 Å². The van der Waals surface area contributed by atoms with Gasteiger partial charge in [-0.25, -0.2) is 8.78 Å². The number of benzene rings is 2. The minimum atomic E-state index is -0.302. The van der Waals surface area contributed by atoms with Gasteiger partial charge in [-0.2, -0.15) is 0 Å². The van der Waals surface area contributed by atoms with E-state index in [1.807, 2.05) is 6.92 Å². The van der Waals surface area contributed by atoms with E-state index in [1.165, 1.54) is 18.2 Å². The number of hydrogen-bond acceptors (Lipinski definition) is 1. The topological polar surface area (TPSA) is 12.0 Å². The fourth-order valence-corrected chi connectivity index (χ4v) is 2.27. The Balaban J connectivity index is 2.23. The zero-order valence-corrected chi connectivity index (χ0v) is 12.0. The highest BCUT2D eigenvalue weighted by molar-refractivity contribution is 9.10. The number of hydrogen-bond donors (Lipinski definition) is 1. The van der Waals surface area contributed by atoms with E-state index in [0.29, 0.717) is 5.69 Å². The Bertz CT molecular complexity index is 555. The van der Waals surface area contributed by atoms with Gasteiger partial charge >= 0.3 is 0 Å². The number of rotatable bonds is 4. The second kappa shape index (κ2) is 6.15. The predicted molar refractivity (Wildman–Crippen MR) is 77.2 cm³/mol. The zero-order chi connectivity index (χ0) is 13.8. The van der Waals surface area contributed by atoms with Crippen LogP contribution in [0.15, 0.2) is 46.9 Å². The molecule has 0 saturated heterocycles. The van der Waals surface area contributed by atoms with E-state index in [-0.39, 0.29) is 17.7 Å². The van der Waals surface area contributed by atoms with Crippen molar-refractivity contribution in [2.24, 2.45) is 0 Å². The molecule has 0 aliphatic rings. The Kier molecular flexibility index (Phi) is 4.53. The normalized spacial score (nSPS) is 12.2. The monoisotopic (exact) mass is 325 g/mol. The summed E-state index contributed by atoms with van der Waals surface area (Å²) >= 11 is 3.32.